The van der Waals surface area contributed by atoms with E-state index in [4.69, 9.17) is 34.3 Å². The molecule has 0 unspecified atom stereocenters. The van der Waals surface area contributed by atoms with Crippen LogP contribution in [0.15, 0.2) is 18.2 Å². The van der Waals surface area contributed by atoms with Crippen LogP contribution in [0.25, 0.3) is 0 Å². The van der Waals surface area contributed by atoms with E-state index in [9.17, 15) is 0 Å². The summed E-state index contributed by atoms with van der Waals surface area (Å²) >= 11 is 11.1. The van der Waals surface area contributed by atoms with Crippen molar-refractivity contribution in [2.75, 3.05) is 46.4 Å². The molecule has 0 atom stereocenters. The number of thiocarbonyl (C=S) groups is 1. The van der Waals surface area contributed by atoms with Crippen molar-refractivity contribution in [1.29, 1.82) is 0 Å². The molecule has 2 rings (SSSR count). The van der Waals surface area contributed by atoms with Gasteiger partial charge < -0.3 is 15.4 Å². The summed E-state index contributed by atoms with van der Waals surface area (Å²) in [7, 11) is 2.15. The molecule has 6 heteroatoms. The molecule has 0 spiro atoms. The Hall–Kier alpha value is -0.880. The minimum absolute atomic E-state index is 0.269. The summed E-state index contributed by atoms with van der Waals surface area (Å²) in [4.78, 5) is 5.00. The molecule has 0 amide bonds. The second kappa shape index (κ2) is 7.22. The van der Waals surface area contributed by atoms with Gasteiger partial charge >= 0.3 is 0 Å². The lowest BCUT2D eigenvalue weighted by atomic mass is 10.2. The van der Waals surface area contributed by atoms with Crippen LogP contribution in [0.4, 0.5) is 0 Å². The molecule has 1 saturated heterocycles. The lowest BCUT2D eigenvalue weighted by molar-refractivity contribution is 0.133. The van der Waals surface area contributed by atoms with Gasteiger partial charge in [-0.15, -0.1) is 0 Å². The number of hydrogen-bond donors (Lipinski definition) is 1. The number of piperazine rings is 1. The first-order chi connectivity index (χ1) is 9.58. The van der Waals surface area contributed by atoms with Crippen molar-refractivity contribution in [3.63, 3.8) is 0 Å². The smallest absolute Gasteiger partial charge is 0.131 e. The number of ether oxygens (including phenoxy) is 1. The standard InChI is InChI=1S/C14H20ClN3OS/c1-17-5-7-18(8-6-17)9-10-19-12-4-2-3-11(15)13(12)14(16)20/h2-4H,5-10H2,1H3,(H2,16,20). The molecule has 110 valence electrons. The topological polar surface area (TPSA) is 41.7 Å². The SMILES string of the molecule is CN1CCN(CCOc2cccc(Cl)c2C(N)=S)CC1. The van der Waals surface area contributed by atoms with Gasteiger partial charge in [0.15, 0.2) is 0 Å². The summed E-state index contributed by atoms with van der Waals surface area (Å²) in [6, 6.07) is 5.46. The highest BCUT2D eigenvalue weighted by Crippen LogP contribution is 2.26. The van der Waals surface area contributed by atoms with E-state index in [0.29, 0.717) is 22.9 Å². The van der Waals surface area contributed by atoms with Gasteiger partial charge in [-0.05, 0) is 19.2 Å². The molecule has 0 aromatic heterocycles. The summed E-state index contributed by atoms with van der Waals surface area (Å²) in [5.41, 5.74) is 6.32. The van der Waals surface area contributed by atoms with Gasteiger partial charge in [0.2, 0.25) is 0 Å². The van der Waals surface area contributed by atoms with Gasteiger partial charge in [0, 0.05) is 32.7 Å². The van der Waals surface area contributed by atoms with Gasteiger partial charge in [0.25, 0.3) is 0 Å². The largest absolute Gasteiger partial charge is 0.491 e. The van der Waals surface area contributed by atoms with Crippen LogP contribution in [0.3, 0.4) is 0 Å². The van der Waals surface area contributed by atoms with Crippen LogP contribution in [0.1, 0.15) is 5.56 Å². The van der Waals surface area contributed by atoms with E-state index in [0.717, 1.165) is 32.7 Å². The Kier molecular flexibility index (Phi) is 5.60. The van der Waals surface area contributed by atoms with Crippen LogP contribution in [0, 0.1) is 0 Å². The molecule has 0 saturated carbocycles. The van der Waals surface area contributed by atoms with Gasteiger partial charge in [-0.3, -0.25) is 4.90 Å². The first-order valence-corrected chi connectivity index (χ1v) is 7.48. The minimum atomic E-state index is 0.269. The number of likely N-dealkylation sites (N-methyl/N-ethyl adjacent to an activating group) is 1. The average Bonchev–Trinajstić information content (AvgIpc) is 2.40. The first kappa shape index (κ1) is 15.5. The average molecular weight is 314 g/mol. The summed E-state index contributed by atoms with van der Waals surface area (Å²) < 4.78 is 5.80. The highest BCUT2D eigenvalue weighted by Gasteiger charge is 2.14. The molecule has 0 bridgehead atoms. The van der Waals surface area contributed by atoms with Gasteiger partial charge in [0.1, 0.15) is 17.3 Å². The molecule has 2 N–H and O–H groups in total. The Morgan fingerprint density at radius 1 is 1.35 bits per heavy atom. The van der Waals surface area contributed by atoms with E-state index in [-0.39, 0.29) is 4.99 Å². The number of halogens is 1. The van der Waals surface area contributed by atoms with E-state index >= 15 is 0 Å². The van der Waals surface area contributed by atoms with E-state index in [1.165, 1.54) is 0 Å². The fourth-order valence-electron chi connectivity index (χ4n) is 2.22. The number of benzene rings is 1. The minimum Gasteiger partial charge on any atom is -0.491 e. The molecular formula is C14H20ClN3OS. The van der Waals surface area contributed by atoms with Crippen molar-refractivity contribution in [1.82, 2.24) is 9.80 Å². The van der Waals surface area contributed by atoms with E-state index in [1.807, 2.05) is 12.1 Å². The Balaban J connectivity index is 1.88. The molecule has 1 aromatic carbocycles. The van der Waals surface area contributed by atoms with Gasteiger partial charge in [0.05, 0.1) is 10.6 Å². The van der Waals surface area contributed by atoms with E-state index < -0.39 is 0 Å². The van der Waals surface area contributed by atoms with Crippen molar-refractivity contribution in [2.45, 2.75) is 0 Å². The van der Waals surface area contributed by atoms with Crippen LogP contribution in [-0.2, 0) is 0 Å². The molecule has 0 radical (unpaired) electrons. The quantitative estimate of drug-likeness (QED) is 0.836. The van der Waals surface area contributed by atoms with Gasteiger partial charge in [-0.25, -0.2) is 0 Å². The van der Waals surface area contributed by atoms with Crippen molar-refractivity contribution >= 4 is 28.8 Å². The van der Waals surface area contributed by atoms with E-state index in [2.05, 4.69) is 16.8 Å². The maximum Gasteiger partial charge on any atom is 0.131 e. The fraction of sp³-hybridized carbons (Fsp3) is 0.500. The molecule has 1 aliphatic rings. The molecule has 4 nitrogen and oxygen atoms in total. The number of hydrogen-bond acceptors (Lipinski definition) is 4. The van der Waals surface area contributed by atoms with Crippen LogP contribution in [0.2, 0.25) is 5.02 Å². The summed E-state index contributed by atoms with van der Waals surface area (Å²) in [5.74, 6) is 0.666. The third-order valence-corrected chi connectivity index (χ3v) is 4.00. The highest BCUT2D eigenvalue weighted by molar-refractivity contribution is 7.80. The zero-order valence-corrected chi connectivity index (χ0v) is 13.2. The maximum absolute atomic E-state index is 6.10. The predicted molar refractivity (Wildman–Crippen MR) is 86.8 cm³/mol. The Morgan fingerprint density at radius 3 is 2.70 bits per heavy atom. The lowest BCUT2D eigenvalue weighted by Gasteiger charge is -2.32. The van der Waals surface area contributed by atoms with E-state index in [1.54, 1.807) is 6.07 Å². The molecule has 20 heavy (non-hydrogen) atoms. The van der Waals surface area contributed by atoms with Crippen molar-refractivity contribution in [2.24, 2.45) is 5.73 Å². The predicted octanol–water partition coefficient (Wildman–Crippen LogP) is 1.60. The summed E-state index contributed by atoms with van der Waals surface area (Å²) in [5, 5.41) is 0.537. The van der Waals surface area contributed by atoms with Crippen molar-refractivity contribution in [3.8, 4) is 5.75 Å². The number of rotatable bonds is 5. The normalized spacial score (nSPS) is 17.1. The molecular weight excluding hydrogens is 294 g/mol. The first-order valence-electron chi connectivity index (χ1n) is 6.70. The zero-order valence-electron chi connectivity index (χ0n) is 11.6. The Labute approximate surface area is 130 Å². The van der Waals surface area contributed by atoms with Crippen molar-refractivity contribution < 1.29 is 4.74 Å². The van der Waals surface area contributed by atoms with Crippen LogP contribution in [0.5, 0.6) is 5.75 Å². The third kappa shape index (κ3) is 4.06. The summed E-state index contributed by atoms with van der Waals surface area (Å²) in [6.07, 6.45) is 0. The number of nitrogens with zero attached hydrogens (tertiary/aromatic N) is 2. The van der Waals surface area contributed by atoms with Crippen molar-refractivity contribution in [3.05, 3.63) is 28.8 Å². The third-order valence-electron chi connectivity index (χ3n) is 3.48. The molecule has 1 aliphatic heterocycles. The fourth-order valence-corrected chi connectivity index (χ4v) is 2.75. The highest BCUT2D eigenvalue weighted by atomic mass is 35.5. The molecule has 1 heterocycles. The second-order valence-corrected chi connectivity index (χ2v) is 5.82. The molecule has 1 aromatic rings. The zero-order chi connectivity index (χ0) is 14.5. The monoisotopic (exact) mass is 313 g/mol. The Morgan fingerprint density at radius 2 is 2.05 bits per heavy atom. The molecule has 1 fully saturated rings. The van der Waals surface area contributed by atoms with Gasteiger partial charge in [-0.2, -0.15) is 0 Å². The molecule has 0 aliphatic carbocycles. The van der Waals surface area contributed by atoms with Crippen LogP contribution in [-0.4, -0.2) is 61.2 Å². The van der Waals surface area contributed by atoms with Crippen LogP contribution < -0.4 is 10.5 Å². The Bertz CT molecular complexity index is 475. The van der Waals surface area contributed by atoms with Crippen LogP contribution >= 0.6 is 23.8 Å². The summed E-state index contributed by atoms with van der Waals surface area (Å²) in [6.45, 7) is 5.89. The number of nitrogens with two attached hydrogens (primary N) is 1. The van der Waals surface area contributed by atoms with Gasteiger partial charge in [-0.1, -0.05) is 29.9 Å². The lowest BCUT2D eigenvalue weighted by Crippen LogP contribution is -2.45. The second-order valence-electron chi connectivity index (χ2n) is 4.97. The maximum atomic E-state index is 6.10.